The van der Waals surface area contributed by atoms with Gasteiger partial charge in [-0.05, 0) is 67.1 Å². The Bertz CT molecular complexity index is 1780. The predicted octanol–water partition coefficient (Wildman–Crippen LogP) is 6.56. The largest absolute Gasteiger partial charge is 0.454 e. The summed E-state index contributed by atoms with van der Waals surface area (Å²) >= 11 is 0. The minimum absolute atomic E-state index is 0.120. The van der Waals surface area contributed by atoms with E-state index < -0.39 is 11.8 Å². The summed E-state index contributed by atoms with van der Waals surface area (Å²) in [5.41, 5.74) is 4.78. The van der Waals surface area contributed by atoms with E-state index in [0.717, 1.165) is 5.56 Å². The number of aryl methyl sites for hydroxylation is 1. The number of esters is 1. The number of halogens is 1. The van der Waals surface area contributed by atoms with Crippen molar-refractivity contribution in [3.05, 3.63) is 108 Å². The van der Waals surface area contributed by atoms with Crippen LogP contribution in [0.15, 0.2) is 91.0 Å². The van der Waals surface area contributed by atoms with E-state index in [2.05, 4.69) is 5.32 Å². The molecule has 1 aliphatic heterocycles. The van der Waals surface area contributed by atoms with Gasteiger partial charge < -0.3 is 19.5 Å². The molecular weight excluding hydrogens is 525 g/mol. The second kappa shape index (κ2) is 10.6. The van der Waals surface area contributed by atoms with Crippen molar-refractivity contribution in [1.82, 2.24) is 9.78 Å². The van der Waals surface area contributed by atoms with Crippen LogP contribution in [0, 0.1) is 12.7 Å². The topological polar surface area (TPSA) is 91.7 Å². The molecule has 0 bridgehead atoms. The molecule has 4 aromatic carbocycles. The van der Waals surface area contributed by atoms with Crippen LogP contribution < -0.4 is 19.5 Å². The zero-order valence-corrected chi connectivity index (χ0v) is 22.2. The van der Waals surface area contributed by atoms with Crippen molar-refractivity contribution in [1.29, 1.82) is 0 Å². The van der Waals surface area contributed by atoms with Crippen molar-refractivity contribution < 1.29 is 28.2 Å². The molecule has 0 radical (unpaired) electrons. The number of rotatable bonds is 6. The van der Waals surface area contributed by atoms with Crippen molar-refractivity contribution >= 4 is 17.6 Å². The molecule has 0 saturated heterocycles. The fourth-order valence-electron chi connectivity index (χ4n) is 4.55. The van der Waals surface area contributed by atoms with Crippen LogP contribution in [0.3, 0.4) is 0 Å². The first-order chi connectivity index (χ1) is 19.9. The van der Waals surface area contributed by atoms with E-state index in [-0.39, 0.29) is 18.6 Å². The van der Waals surface area contributed by atoms with E-state index in [1.807, 2.05) is 31.2 Å². The summed E-state index contributed by atoms with van der Waals surface area (Å²) in [5, 5.41) is 7.64. The molecule has 6 rings (SSSR count). The molecule has 2 heterocycles. The molecule has 41 heavy (non-hydrogen) atoms. The number of ether oxygens (including phenoxy) is 3. The number of nitrogens with zero attached hydrogens (tertiary/aromatic N) is 2. The molecule has 0 fully saturated rings. The van der Waals surface area contributed by atoms with Crippen LogP contribution in [-0.4, -0.2) is 28.4 Å². The lowest BCUT2D eigenvalue weighted by Gasteiger charge is -2.11. The fourth-order valence-corrected chi connectivity index (χ4v) is 4.55. The lowest BCUT2D eigenvalue weighted by Crippen LogP contribution is -2.11. The first-order valence-electron chi connectivity index (χ1n) is 12.8. The average Bonchev–Trinajstić information content (AvgIpc) is 3.58. The Morgan fingerprint density at radius 2 is 1.66 bits per heavy atom. The molecule has 1 aromatic heterocycles. The highest BCUT2D eigenvalue weighted by Crippen LogP contribution is 2.41. The summed E-state index contributed by atoms with van der Waals surface area (Å²) in [4.78, 5) is 25.1. The third-order valence-electron chi connectivity index (χ3n) is 6.53. The third-order valence-corrected chi connectivity index (χ3v) is 6.53. The summed E-state index contributed by atoms with van der Waals surface area (Å²) in [7, 11) is 0. The molecule has 0 atom stereocenters. The average molecular weight is 550 g/mol. The highest BCUT2D eigenvalue weighted by molar-refractivity contribution is 6.05. The van der Waals surface area contributed by atoms with Crippen molar-refractivity contribution in [2.75, 3.05) is 12.1 Å². The van der Waals surface area contributed by atoms with Crippen molar-refractivity contribution in [2.24, 2.45) is 0 Å². The molecule has 0 unspecified atom stereocenters. The summed E-state index contributed by atoms with van der Waals surface area (Å²) in [6.07, 6.45) is 0. The van der Waals surface area contributed by atoms with E-state index in [0.29, 0.717) is 50.8 Å². The number of fused-ring (bicyclic) bond motifs is 1. The van der Waals surface area contributed by atoms with E-state index in [9.17, 15) is 14.0 Å². The van der Waals surface area contributed by atoms with Gasteiger partial charge in [0, 0.05) is 23.7 Å². The zero-order chi connectivity index (χ0) is 28.5. The number of aromatic nitrogens is 2. The summed E-state index contributed by atoms with van der Waals surface area (Å²) in [5.74, 6) is 0.0325. The summed E-state index contributed by atoms with van der Waals surface area (Å²) in [6.45, 7) is 3.40. The molecule has 9 heteroatoms. The molecule has 1 N–H and O–H groups in total. The lowest BCUT2D eigenvalue weighted by molar-refractivity contribution is -0.132. The third kappa shape index (κ3) is 5.25. The predicted molar refractivity (Wildman–Crippen MR) is 151 cm³/mol. The smallest absolute Gasteiger partial charge is 0.309 e. The molecule has 0 spiro atoms. The van der Waals surface area contributed by atoms with Gasteiger partial charge in [0.2, 0.25) is 12.7 Å². The van der Waals surface area contributed by atoms with Crippen molar-refractivity contribution in [3.8, 4) is 45.5 Å². The summed E-state index contributed by atoms with van der Waals surface area (Å²) < 4.78 is 32.2. The Hall–Kier alpha value is -5.44. The Morgan fingerprint density at radius 3 is 2.39 bits per heavy atom. The zero-order valence-electron chi connectivity index (χ0n) is 22.2. The van der Waals surface area contributed by atoms with Crippen LogP contribution in [0.25, 0.3) is 28.1 Å². The van der Waals surface area contributed by atoms with Crippen LogP contribution in [-0.2, 0) is 4.79 Å². The van der Waals surface area contributed by atoms with Crippen LogP contribution in [0.5, 0.6) is 17.4 Å². The van der Waals surface area contributed by atoms with Gasteiger partial charge in [0.1, 0.15) is 11.5 Å². The highest BCUT2D eigenvalue weighted by Gasteiger charge is 2.25. The van der Waals surface area contributed by atoms with E-state index in [4.69, 9.17) is 19.3 Å². The highest BCUT2D eigenvalue weighted by atomic mass is 19.1. The van der Waals surface area contributed by atoms with Crippen molar-refractivity contribution in [3.63, 3.8) is 0 Å². The fraction of sp³-hybridized carbons (Fsp3) is 0.0938. The number of carbonyl (C=O) groups is 2. The monoisotopic (exact) mass is 549 g/mol. The van der Waals surface area contributed by atoms with Crippen LogP contribution in [0.4, 0.5) is 10.1 Å². The Morgan fingerprint density at radius 1 is 0.902 bits per heavy atom. The number of carbonyl (C=O) groups excluding carboxylic acids is 2. The van der Waals surface area contributed by atoms with Gasteiger partial charge >= 0.3 is 5.97 Å². The Balaban J connectivity index is 1.40. The Labute approximate surface area is 234 Å². The normalized spacial score (nSPS) is 11.8. The maximum Gasteiger partial charge on any atom is 0.309 e. The Kier molecular flexibility index (Phi) is 6.68. The van der Waals surface area contributed by atoms with Gasteiger partial charge in [0.15, 0.2) is 11.5 Å². The van der Waals surface area contributed by atoms with Gasteiger partial charge in [0.25, 0.3) is 5.91 Å². The molecular formula is C32H24FN3O5. The minimum atomic E-state index is -0.530. The first-order valence-corrected chi connectivity index (χ1v) is 12.8. The minimum Gasteiger partial charge on any atom is -0.454 e. The summed E-state index contributed by atoms with van der Waals surface area (Å²) in [6, 6.07) is 25.6. The van der Waals surface area contributed by atoms with Gasteiger partial charge in [-0.1, -0.05) is 42.0 Å². The van der Waals surface area contributed by atoms with Gasteiger partial charge in [-0.15, -0.1) is 0 Å². The SMILES string of the molecule is CC(=O)Oc1c(-c2ccc(NC(=O)c3ccc4c(c3)OCO4)cc2)c(-c2cccc(F)c2)nn1-c1ccc(C)cc1. The van der Waals surface area contributed by atoms with E-state index in [1.165, 1.54) is 23.7 Å². The van der Waals surface area contributed by atoms with Crippen LogP contribution >= 0.6 is 0 Å². The van der Waals surface area contributed by atoms with E-state index >= 15 is 0 Å². The number of benzene rings is 4. The van der Waals surface area contributed by atoms with Crippen LogP contribution in [0.1, 0.15) is 22.8 Å². The van der Waals surface area contributed by atoms with Crippen molar-refractivity contribution in [2.45, 2.75) is 13.8 Å². The number of amides is 1. The van der Waals surface area contributed by atoms with Gasteiger partial charge in [-0.3, -0.25) is 9.59 Å². The lowest BCUT2D eigenvalue weighted by atomic mass is 10.0. The molecule has 1 amide bonds. The first kappa shape index (κ1) is 25.8. The quantitative estimate of drug-likeness (QED) is 0.241. The van der Waals surface area contributed by atoms with E-state index in [1.54, 1.807) is 54.6 Å². The number of nitrogens with one attached hydrogen (secondary N) is 1. The maximum atomic E-state index is 14.3. The second-order valence-electron chi connectivity index (χ2n) is 9.48. The molecule has 1 aliphatic rings. The maximum absolute atomic E-state index is 14.3. The van der Waals surface area contributed by atoms with Gasteiger partial charge in [0.05, 0.1) is 11.3 Å². The molecule has 8 nitrogen and oxygen atoms in total. The number of anilines is 1. The molecule has 204 valence electrons. The van der Waals surface area contributed by atoms with Gasteiger partial charge in [-0.25, -0.2) is 4.39 Å². The molecule has 0 aliphatic carbocycles. The number of hydrogen-bond donors (Lipinski definition) is 1. The molecule has 0 saturated carbocycles. The standard InChI is InChI=1S/C32H24FN3O5/c1-19-6-13-26(14-7-19)36-32(41-20(2)37)29(30(35-36)22-4-3-5-24(33)16-22)21-8-11-25(12-9-21)34-31(38)23-10-15-27-28(17-23)40-18-39-27/h3-17H,18H2,1-2H3,(H,34,38). The molecule has 5 aromatic rings. The number of hydrogen-bond acceptors (Lipinski definition) is 6. The van der Waals surface area contributed by atoms with Gasteiger partial charge in [-0.2, -0.15) is 9.78 Å². The van der Waals surface area contributed by atoms with Crippen LogP contribution in [0.2, 0.25) is 0 Å². The second-order valence-corrected chi connectivity index (χ2v) is 9.48.